The van der Waals surface area contributed by atoms with E-state index >= 15 is 0 Å². The lowest BCUT2D eigenvalue weighted by Crippen LogP contribution is -2.41. The Morgan fingerprint density at radius 1 is 1.38 bits per heavy atom. The van der Waals surface area contributed by atoms with Gasteiger partial charge in [-0.1, -0.05) is 6.42 Å². The first-order chi connectivity index (χ1) is 6.29. The van der Waals surface area contributed by atoms with E-state index in [0.717, 1.165) is 32.5 Å². The van der Waals surface area contributed by atoms with Gasteiger partial charge in [-0.3, -0.25) is 0 Å². The summed E-state index contributed by atoms with van der Waals surface area (Å²) in [6.07, 6.45) is 5.83. The van der Waals surface area contributed by atoms with Gasteiger partial charge >= 0.3 is 0 Å². The van der Waals surface area contributed by atoms with Crippen LogP contribution in [0.15, 0.2) is 0 Å². The zero-order valence-electron chi connectivity index (χ0n) is 8.18. The Bertz CT molecular complexity index is 160. The molecule has 13 heavy (non-hydrogen) atoms. The third kappa shape index (κ3) is 2.93. The van der Waals surface area contributed by atoms with Crippen LogP contribution in [0.5, 0.6) is 0 Å². The van der Waals surface area contributed by atoms with Crippen molar-refractivity contribution < 1.29 is 5.11 Å². The van der Waals surface area contributed by atoms with Crippen molar-refractivity contribution in [1.29, 1.82) is 0 Å². The molecule has 2 aliphatic rings. The minimum Gasteiger partial charge on any atom is -0.389 e. The Morgan fingerprint density at radius 2 is 2.23 bits per heavy atom. The normalized spacial score (nSPS) is 32.5. The predicted molar refractivity (Wildman–Crippen MR) is 52.7 cm³/mol. The Morgan fingerprint density at radius 3 is 3.00 bits per heavy atom. The first-order valence-corrected chi connectivity index (χ1v) is 5.45. The summed E-state index contributed by atoms with van der Waals surface area (Å²) in [6, 6.07) is 0.576. The molecule has 1 aliphatic carbocycles. The number of hydrogen-bond donors (Lipinski definition) is 3. The van der Waals surface area contributed by atoms with Crippen molar-refractivity contribution in [2.75, 3.05) is 19.6 Å². The first-order valence-electron chi connectivity index (χ1n) is 5.45. The van der Waals surface area contributed by atoms with Gasteiger partial charge in [0.2, 0.25) is 0 Å². The molecule has 0 aromatic carbocycles. The van der Waals surface area contributed by atoms with Crippen LogP contribution in [-0.4, -0.2) is 36.4 Å². The Hall–Kier alpha value is -0.120. The van der Waals surface area contributed by atoms with Crippen molar-refractivity contribution in [2.24, 2.45) is 0 Å². The second-order valence-electron chi connectivity index (χ2n) is 4.50. The molecule has 3 N–H and O–H groups in total. The Balaban J connectivity index is 1.67. The highest BCUT2D eigenvalue weighted by Crippen LogP contribution is 2.34. The second-order valence-corrected chi connectivity index (χ2v) is 4.50. The molecule has 1 saturated heterocycles. The van der Waals surface area contributed by atoms with Gasteiger partial charge in [0.15, 0.2) is 0 Å². The van der Waals surface area contributed by atoms with Gasteiger partial charge in [-0.2, -0.15) is 0 Å². The quantitative estimate of drug-likeness (QED) is 0.589. The SMILES string of the molecule is OC1(CNC2CCCCNC2)CC1. The predicted octanol–water partition coefficient (Wildman–Crippen LogP) is 0.243. The standard InChI is InChI=1S/C10H20N2O/c13-10(4-5-10)8-12-9-3-1-2-6-11-7-9/h9,11-13H,1-8H2. The fraction of sp³-hybridized carbons (Fsp3) is 1.00. The third-order valence-corrected chi connectivity index (χ3v) is 3.09. The molecule has 3 heteroatoms. The van der Waals surface area contributed by atoms with Crippen LogP contribution >= 0.6 is 0 Å². The zero-order valence-corrected chi connectivity index (χ0v) is 8.18. The molecule has 2 rings (SSSR count). The largest absolute Gasteiger partial charge is 0.389 e. The van der Waals surface area contributed by atoms with Gasteiger partial charge in [-0.25, -0.2) is 0 Å². The summed E-state index contributed by atoms with van der Waals surface area (Å²) in [5.74, 6) is 0. The molecule has 0 spiro atoms. The second kappa shape index (κ2) is 3.95. The van der Waals surface area contributed by atoms with E-state index in [9.17, 15) is 5.11 Å². The van der Waals surface area contributed by atoms with Crippen molar-refractivity contribution in [3.8, 4) is 0 Å². The Labute approximate surface area is 79.9 Å². The zero-order chi connectivity index (χ0) is 9.15. The van der Waals surface area contributed by atoms with Gasteiger partial charge in [-0.05, 0) is 32.2 Å². The monoisotopic (exact) mass is 184 g/mol. The highest BCUT2D eigenvalue weighted by atomic mass is 16.3. The lowest BCUT2D eigenvalue weighted by molar-refractivity contribution is 0.143. The molecular formula is C10H20N2O. The highest BCUT2D eigenvalue weighted by molar-refractivity contribution is 4.96. The van der Waals surface area contributed by atoms with Crippen molar-refractivity contribution >= 4 is 0 Å². The molecular weight excluding hydrogens is 164 g/mol. The van der Waals surface area contributed by atoms with Crippen LogP contribution in [0.2, 0.25) is 0 Å². The van der Waals surface area contributed by atoms with Gasteiger partial charge in [0.25, 0.3) is 0 Å². The van der Waals surface area contributed by atoms with Crippen LogP contribution in [0.1, 0.15) is 32.1 Å². The average Bonchev–Trinajstić information content (AvgIpc) is 2.87. The van der Waals surface area contributed by atoms with Crippen molar-refractivity contribution in [3.05, 3.63) is 0 Å². The third-order valence-electron chi connectivity index (χ3n) is 3.09. The van der Waals surface area contributed by atoms with E-state index in [2.05, 4.69) is 10.6 Å². The molecule has 0 aromatic rings. The molecule has 0 bridgehead atoms. The van der Waals surface area contributed by atoms with Crippen LogP contribution in [0.4, 0.5) is 0 Å². The fourth-order valence-electron chi connectivity index (χ4n) is 1.85. The fourth-order valence-corrected chi connectivity index (χ4v) is 1.85. The van der Waals surface area contributed by atoms with Crippen molar-refractivity contribution in [3.63, 3.8) is 0 Å². The molecule has 0 amide bonds. The van der Waals surface area contributed by atoms with Crippen molar-refractivity contribution in [2.45, 2.75) is 43.7 Å². The van der Waals surface area contributed by atoms with Crippen LogP contribution in [0.3, 0.4) is 0 Å². The summed E-state index contributed by atoms with van der Waals surface area (Å²) in [5, 5.41) is 16.5. The van der Waals surface area contributed by atoms with Gasteiger partial charge in [-0.15, -0.1) is 0 Å². The van der Waals surface area contributed by atoms with Crippen LogP contribution in [0.25, 0.3) is 0 Å². The lowest BCUT2D eigenvalue weighted by atomic mass is 10.1. The number of hydrogen-bond acceptors (Lipinski definition) is 3. The summed E-state index contributed by atoms with van der Waals surface area (Å²) in [7, 11) is 0. The van der Waals surface area contributed by atoms with Crippen LogP contribution in [-0.2, 0) is 0 Å². The molecule has 0 aromatic heterocycles. The molecule has 0 radical (unpaired) electrons. The highest BCUT2D eigenvalue weighted by Gasteiger charge is 2.40. The maximum Gasteiger partial charge on any atom is 0.0773 e. The van der Waals surface area contributed by atoms with Gasteiger partial charge in [0.05, 0.1) is 5.60 Å². The Kier molecular flexibility index (Phi) is 2.86. The summed E-state index contributed by atoms with van der Waals surface area (Å²) in [6.45, 7) is 3.01. The molecule has 2 fully saturated rings. The smallest absolute Gasteiger partial charge is 0.0773 e. The molecule has 1 heterocycles. The average molecular weight is 184 g/mol. The van der Waals surface area contributed by atoms with E-state index in [1.165, 1.54) is 19.3 Å². The molecule has 76 valence electrons. The minimum atomic E-state index is -0.341. The van der Waals surface area contributed by atoms with E-state index in [1.807, 2.05) is 0 Å². The summed E-state index contributed by atoms with van der Waals surface area (Å²) in [5.41, 5.74) is -0.341. The van der Waals surface area contributed by atoms with Crippen molar-refractivity contribution in [1.82, 2.24) is 10.6 Å². The summed E-state index contributed by atoms with van der Waals surface area (Å²) < 4.78 is 0. The number of aliphatic hydroxyl groups is 1. The summed E-state index contributed by atoms with van der Waals surface area (Å²) >= 11 is 0. The van der Waals surface area contributed by atoms with E-state index in [4.69, 9.17) is 0 Å². The van der Waals surface area contributed by atoms with Gasteiger partial charge in [0, 0.05) is 19.1 Å². The molecule has 1 saturated carbocycles. The number of rotatable bonds is 3. The minimum absolute atomic E-state index is 0.341. The lowest BCUT2D eigenvalue weighted by Gasteiger charge is -2.18. The molecule has 1 unspecified atom stereocenters. The topological polar surface area (TPSA) is 44.3 Å². The molecule has 1 aliphatic heterocycles. The first kappa shape index (κ1) is 9.44. The molecule has 1 atom stereocenters. The van der Waals surface area contributed by atoms with Gasteiger partial charge < -0.3 is 15.7 Å². The maximum atomic E-state index is 9.65. The molecule has 3 nitrogen and oxygen atoms in total. The number of nitrogens with one attached hydrogen (secondary N) is 2. The van der Waals surface area contributed by atoms with Gasteiger partial charge in [0.1, 0.15) is 0 Å². The van der Waals surface area contributed by atoms with E-state index in [0.29, 0.717) is 6.04 Å². The van der Waals surface area contributed by atoms with Crippen LogP contribution < -0.4 is 10.6 Å². The van der Waals surface area contributed by atoms with E-state index in [1.54, 1.807) is 0 Å². The summed E-state index contributed by atoms with van der Waals surface area (Å²) in [4.78, 5) is 0. The van der Waals surface area contributed by atoms with E-state index < -0.39 is 0 Å². The van der Waals surface area contributed by atoms with E-state index in [-0.39, 0.29) is 5.60 Å². The van der Waals surface area contributed by atoms with Crippen LogP contribution in [0, 0.1) is 0 Å². The maximum absolute atomic E-state index is 9.65.